The van der Waals surface area contributed by atoms with Crippen molar-refractivity contribution >= 4 is 11.6 Å². The summed E-state index contributed by atoms with van der Waals surface area (Å²) < 4.78 is 68.0. The quantitative estimate of drug-likeness (QED) is 0.568. The highest BCUT2D eigenvalue weighted by Crippen LogP contribution is 2.33. The molecule has 0 heterocycles. The Hall–Kier alpha value is -0.390. The summed E-state index contributed by atoms with van der Waals surface area (Å²) in [5.41, 5.74) is 0. The average Bonchev–Trinajstić information content (AvgIpc) is 1.82. The summed E-state index contributed by atoms with van der Waals surface area (Å²) in [6, 6.07) is 0. The standard InChI is InChI=1S/C4HClF6/c5-2(4(9,10)11)1(6)3(7)8/h3H. The van der Waals surface area contributed by atoms with E-state index in [4.69, 9.17) is 0 Å². The van der Waals surface area contributed by atoms with Crippen LogP contribution in [0.15, 0.2) is 10.9 Å². The van der Waals surface area contributed by atoms with Crippen LogP contribution in [0.2, 0.25) is 0 Å². The van der Waals surface area contributed by atoms with E-state index in [2.05, 4.69) is 11.6 Å². The van der Waals surface area contributed by atoms with Gasteiger partial charge in [-0.3, -0.25) is 0 Å². The molecule has 66 valence electrons. The Morgan fingerprint density at radius 3 is 1.64 bits per heavy atom. The molecule has 0 saturated heterocycles. The minimum Gasteiger partial charge on any atom is -0.204 e. The molecule has 0 unspecified atom stereocenters. The minimum atomic E-state index is -5.25. The van der Waals surface area contributed by atoms with Gasteiger partial charge in [-0.2, -0.15) is 13.2 Å². The zero-order valence-corrected chi connectivity index (χ0v) is 5.48. The Morgan fingerprint density at radius 2 is 1.55 bits per heavy atom. The minimum absolute atomic E-state index is 2.41. The van der Waals surface area contributed by atoms with Crippen LogP contribution < -0.4 is 0 Å². The molecule has 0 atom stereocenters. The zero-order chi connectivity index (χ0) is 9.23. The van der Waals surface area contributed by atoms with Crippen molar-refractivity contribution in [1.82, 2.24) is 0 Å². The highest BCUT2D eigenvalue weighted by molar-refractivity contribution is 6.30. The Morgan fingerprint density at radius 1 is 1.18 bits per heavy atom. The molecule has 0 aromatic rings. The Bertz CT molecular complexity index is 168. The molecule has 0 radical (unpaired) electrons. The molecule has 0 nitrogen and oxygen atoms in total. The number of hydrogen-bond acceptors (Lipinski definition) is 0. The van der Waals surface area contributed by atoms with E-state index in [9.17, 15) is 26.3 Å². The largest absolute Gasteiger partial charge is 0.429 e. The molecule has 11 heavy (non-hydrogen) atoms. The first kappa shape index (κ1) is 10.6. The van der Waals surface area contributed by atoms with Crippen molar-refractivity contribution < 1.29 is 26.3 Å². The molecule has 0 bridgehead atoms. The number of halogens is 7. The number of alkyl halides is 5. The van der Waals surface area contributed by atoms with Crippen LogP contribution in [0.1, 0.15) is 0 Å². The van der Waals surface area contributed by atoms with E-state index in [0.29, 0.717) is 0 Å². The van der Waals surface area contributed by atoms with Crippen LogP contribution in [0.4, 0.5) is 26.3 Å². The Balaban J connectivity index is 4.67. The second kappa shape index (κ2) is 3.34. The maximum atomic E-state index is 11.7. The van der Waals surface area contributed by atoms with Crippen molar-refractivity contribution in [3.8, 4) is 0 Å². The first-order valence-corrected chi connectivity index (χ1v) is 2.55. The highest BCUT2D eigenvalue weighted by atomic mass is 35.5. The number of rotatable bonds is 1. The van der Waals surface area contributed by atoms with Crippen LogP contribution in [0, 0.1) is 0 Å². The molecule has 7 heteroatoms. The maximum Gasteiger partial charge on any atom is 0.429 e. The smallest absolute Gasteiger partial charge is 0.204 e. The van der Waals surface area contributed by atoms with Gasteiger partial charge in [0.2, 0.25) is 0 Å². The topological polar surface area (TPSA) is 0 Å². The summed E-state index contributed by atoms with van der Waals surface area (Å²) in [7, 11) is 0. The normalized spacial score (nSPS) is 15.3. The summed E-state index contributed by atoms with van der Waals surface area (Å²) in [6.07, 6.45) is -9.08. The van der Waals surface area contributed by atoms with Crippen LogP contribution in [0.5, 0.6) is 0 Å². The van der Waals surface area contributed by atoms with E-state index < -0.39 is 23.5 Å². The fourth-order valence-corrected chi connectivity index (χ4v) is 0.314. The number of allylic oxidation sites excluding steroid dienone is 2. The third-order valence-corrected chi connectivity index (χ3v) is 1.04. The van der Waals surface area contributed by atoms with Gasteiger partial charge in [-0.05, 0) is 0 Å². The Kier molecular flexibility index (Phi) is 3.22. The van der Waals surface area contributed by atoms with Gasteiger partial charge in [0.1, 0.15) is 0 Å². The predicted octanol–water partition coefficient (Wildman–Crippen LogP) is 3.23. The predicted molar refractivity (Wildman–Crippen MR) is 26.0 cm³/mol. The molecule has 0 spiro atoms. The van der Waals surface area contributed by atoms with Gasteiger partial charge in [0, 0.05) is 0 Å². The van der Waals surface area contributed by atoms with Crippen molar-refractivity contribution in [2.45, 2.75) is 12.6 Å². The van der Waals surface area contributed by atoms with Gasteiger partial charge in [0.25, 0.3) is 6.43 Å². The molecule has 0 N–H and O–H groups in total. The lowest BCUT2D eigenvalue weighted by Gasteiger charge is -2.04. The lowest BCUT2D eigenvalue weighted by molar-refractivity contribution is -0.0879. The second-order valence-electron chi connectivity index (χ2n) is 1.46. The van der Waals surface area contributed by atoms with Gasteiger partial charge in [-0.25, -0.2) is 13.2 Å². The molecule has 0 amide bonds. The van der Waals surface area contributed by atoms with E-state index >= 15 is 0 Å². The van der Waals surface area contributed by atoms with E-state index in [1.807, 2.05) is 0 Å². The molecule has 0 aromatic heterocycles. The average molecular weight is 198 g/mol. The summed E-state index contributed by atoms with van der Waals surface area (Å²) in [5.74, 6) is -2.65. The van der Waals surface area contributed by atoms with Crippen molar-refractivity contribution in [2.75, 3.05) is 0 Å². The van der Waals surface area contributed by atoms with Gasteiger partial charge >= 0.3 is 6.18 Å². The van der Waals surface area contributed by atoms with Gasteiger partial charge in [-0.15, -0.1) is 0 Å². The monoisotopic (exact) mass is 198 g/mol. The molecule has 0 fully saturated rings. The van der Waals surface area contributed by atoms with E-state index in [1.165, 1.54) is 0 Å². The maximum absolute atomic E-state index is 11.7. The third kappa shape index (κ3) is 3.00. The van der Waals surface area contributed by atoms with Crippen LogP contribution in [0.3, 0.4) is 0 Å². The molecule has 0 aromatic carbocycles. The molecule has 0 rings (SSSR count). The van der Waals surface area contributed by atoms with Crippen molar-refractivity contribution in [2.24, 2.45) is 0 Å². The van der Waals surface area contributed by atoms with Crippen molar-refractivity contribution in [3.63, 3.8) is 0 Å². The van der Waals surface area contributed by atoms with Crippen molar-refractivity contribution in [1.29, 1.82) is 0 Å². The zero-order valence-electron chi connectivity index (χ0n) is 4.72. The molecule has 0 aliphatic heterocycles. The highest BCUT2D eigenvalue weighted by Gasteiger charge is 2.38. The fraction of sp³-hybridized carbons (Fsp3) is 0.500. The van der Waals surface area contributed by atoms with Crippen LogP contribution >= 0.6 is 11.6 Å². The van der Waals surface area contributed by atoms with Gasteiger partial charge in [-0.1, -0.05) is 11.6 Å². The molecule has 0 aliphatic carbocycles. The summed E-state index contributed by atoms with van der Waals surface area (Å²) >= 11 is 4.20. The molecular formula is C4HClF6. The summed E-state index contributed by atoms with van der Waals surface area (Å²) in [6.45, 7) is 0. The van der Waals surface area contributed by atoms with E-state index in [-0.39, 0.29) is 0 Å². The summed E-state index contributed by atoms with van der Waals surface area (Å²) in [4.78, 5) is 0. The van der Waals surface area contributed by atoms with Crippen LogP contribution in [-0.2, 0) is 0 Å². The fourth-order valence-electron chi connectivity index (χ4n) is 0.231. The lowest BCUT2D eigenvalue weighted by Crippen LogP contribution is -2.11. The van der Waals surface area contributed by atoms with Crippen LogP contribution in [0.25, 0.3) is 0 Å². The number of hydrogen-bond donors (Lipinski definition) is 0. The molecule has 0 saturated carbocycles. The Labute approximate surface area is 62.4 Å². The van der Waals surface area contributed by atoms with E-state index in [0.717, 1.165) is 0 Å². The van der Waals surface area contributed by atoms with Gasteiger partial charge in [0.05, 0.1) is 0 Å². The first-order chi connectivity index (χ1) is 4.76. The SMILES string of the molecule is FC(=C(Cl)C(F)(F)F)C(F)F. The molecular weight excluding hydrogens is 197 g/mol. The summed E-state index contributed by atoms with van der Waals surface area (Å²) in [5, 5.41) is -2.41. The first-order valence-electron chi connectivity index (χ1n) is 2.17. The second-order valence-corrected chi connectivity index (χ2v) is 1.84. The van der Waals surface area contributed by atoms with Crippen LogP contribution in [-0.4, -0.2) is 12.6 Å². The van der Waals surface area contributed by atoms with Gasteiger partial charge in [0.15, 0.2) is 10.9 Å². The van der Waals surface area contributed by atoms with Gasteiger partial charge < -0.3 is 0 Å². The van der Waals surface area contributed by atoms with Crippen molar-refractivity contribution in [3.05, 3.63) is 10.9 Å². The van der Waals surface area contributed by atoms with E-state index in [1.54, 1.807) is 0 Å². The lowest BCUT2D eigenvalue weighted by atomic mass is 10.4. The molecule has 0 aliphatic rings. The third-order valence-electron chi connectivity index (χ3n) is 0.650.